The van der Waals surface area contributed by atoms with E-state index >= 15 is 0 Å². The van der Waals surface area contributed by atoms with E-state index in [1.807, 2.05) is 30.3 Å². The number of halogens is 4. The molecule has 45 heavy (non-hydrogen) atoms. The summed E-state index contributed by atoms with van der Waals surface area (Å²) >= 11 is 0. The van der Waals surface area contributed by atoms with Crippen molar-refractivity contribution < 1.29 is 36.6 Å². The number of carbonyl (C=O) groups excluding carboxylic acids is 2. The van der Waals surface area contributed by atoms with Crippen molar-refractivity contribution in [2.24, 2.45) is 0 Å². The van der Waals surface area contributed by atoms with Crippen LogP contribution in [0.15, 0.2) is 54.7 Å². The normalized spacial score (nSPS) is 18.6. The van der Waals surface area contributed by atoms with Gasteiger partial charge in [0.2, 0.25) is 0 Å². The Morgan fingerprint density at radius 2 is 1.76 bits per heavy atom. The number of carbonyl (C=O) groups is 2. The first-order chi connectivity index (χ1) is 21.3. The van der Waals surface area contributed by atoms with Gasteiger partial charge in [-0.05, 0) is 76.8 Å². The third kappa shape index (κ3) is 7.84. The lowest BCUT2D eigenvalue weighted by molar-refractivity contribution is -0.160. The zero-order chi connectivity index (χ0) is 32.4. The van der Waals surface area contributed by atoms with Crippen LogP contribution in [-0.2, 0) is 27.1 Å². The van der Waals surface area contributed by atoms with Gasteiger partial charge in [-0.1, -0.05) is 30.3 Å². The topological polar surface area (TPSA) is 85.7 Å². The second kappa shape index (κ2) is 13.2. The molecule has 1 amide bonds. The lowest BCUT2D eigenvalue weighted by Gasteiger charge is -2.33. The standard InChI is InChI=1S/C33H38F4N4O4/c1-32(2,3)45-30(42)28(26-10-7-15-38-26)41-19-27(23-11-12-25(34)24(18-23)33(35,36)37)39-29(41)22-13-16-40(17-14-22)31(43)44-20-21-8-5-4-6-9-21/h4-6,8-9,11-12,18-19,22,26,28,38H,7,10,13-17,20H2,1-3H3. The monoisotopic (exact) mass is 630 g/mol. The number of nitrogens with one attached hydrogen (secondary N) is 1. The van der Waals surface area contributed by atoms with Gasteiger partial charge in [0.1, 0.15) is 29.9 Å². The third-order valence-electron chi connectivity index (χ3n) is 8.08. The van der Waals surface area contributed by atoms with Gasteiger partial charge in [-0.25, -0.2) is 19.0 Å². The predicted molar refractivity (Wildman–Crippen MR) is 159 cm³/mol. The van der Waals surface area contributed by atoms with Gasteiger partial charge in [-0.3, -0.25) is 0 Å². The van der Waals surface area contributed by atoms with E-state index in [-0.39, 0.29) is 29.8 Å². The van der Waals surface area contributed by atoms with Gasteiger partial charge in [-0.2, -0.15) is 13.2 Å². The van der Waals surface area contributed by atoms with Crippen LogP contribution in [0.3, 0.4) is 0 Å². The molecule has 3 aromatic rings. The van der Waals surface area contributed by atoms with E-state index in [1.165, 1.54) is 6.07 Å². The fourth-order valence-corrected chi connectivity index (χ4v) is 5.92. The lowest BCUT2D eigenvalue weighted by Crippen LogP contribution is -2.42. The molecule has 2 aromatic carbocycles. The zero-order valence-electron chi connectivity index (χ0n) is 25.6. The number of aromatic nitrogens is 2. The first-order valence-electron chi connectivity index (χ1n) is 15.2. The molecule has 2 fully saturated rings. The Bertz CT molecular complexity index is 1490. The fraction of sp³-hybridized carbons (Fsp3) is 0.485. The minimum atomic E-state index is -4.89. The van der Waals surface area contributed by atoms with Gasteiger partial charge in [0.15, 0.2) is 0 Å². The first-order valence-corrected chi connectivity index (χ1v) is 15.2. The van der Waals surface area contributed by atoms with Crippen LogP contribution in [0.25, 0.3) is 11.3 Å². The molecule has 2 unspecified atom stereocenters. The summed E-state index contributed by atoms with van der Waals surface area (Å²) in [6.45, 7) is 6.91. The molecule has 1 aromatic heterocycles. The number of rotatable bonds is 7. The van der Waals surface area contributed by atoms with Crippen molar-refractivity contribution in [3.05, 3.63) is 77.5 Å². The number of amides is 1. The number of esters is 1. The highest BCUT2D eigenvalue weighted by Gasteiger charge is 2.39. The van der Waals surface area contributed by atoms with Crippen molar-refractivity contribution in [2.45, 2.75) is 82.8 Å². The van der Waals surface area contributed by atoms with Gasteiger partial charge in [-0.15, -0.1) is 0 Å². The molecule has 8 nitrogen and oxygen atoms in total. The van der Waals surface area contributed by atoms with Crippen LogP contribution >= 0.6 is 0 Å². The molecule has 5 rings (SSSR count). The highest BCUT2D eigenvalue weighted by molar-refractivity contribution is 5.76. The first kappa shape index (κ1) is 32.5. The van der Waals surface area contributed by atoms with Crippen LogP contribution < -0.4 is 5.32 Å². The number of likely N-dealkylation sites (tertiary alicyclic amines) is 1. The summed E-state index contributed by atoms with van der Waals surface area (Å²) in [5.41, 5.74) is -1.03. The number of hydrogen-bond donors (Lipinski definition) is 1. The molecule has 2 saturated heterocycles. The molecule has 0 aliphatic carbocycles. The lowest BCUT2D eigenvalue weighted by atomic mass is 9.95. The minimum absolute atomic E-state index is 0.0768. The van der Waals surface area contributed by atoms with E-state index in [2.05, 4.69) is 5.32 Å². The Labute approximate surface area is 259 Å². The molecule has 3 heterocycles. The van der Waals surface area contributed by atoms with E-state index in [0.29, 0.717) is 44.7 Å². The van der Waals surface area contributed by atoms with Crippen molar-refractivity contribution >= 4 is 12.1 Å². The molecule has 0 bridgehead atoms. The van der Waals surface area contributed by atoms with Gasteiger partial charge < -0.3 is 24.3 Å². The molecular weight excluding hydrogens is 592 g/mol. The molecule has 2 aliphatic rings. The summed E-state index contributed by atoms with van der Waals surface area (Å²) in [5, 5.41) is 3.37. The molecule has 2 atom stereocenters. The molecule has 0 spiro atoms. The summed E-state index contributed by atoms with van der Waals surface area (Å²) in [6, 6.07) is 11.0. The summed E-state index contributed by atoms with van der Waals surface area (Å²) in [4.78, 5) is 32.9. The molecule has 242 valence electrons. The van der Waals surface area contributed by atoms with E-state index in [4.69, 9.17) is 14.5 Å². The molecule has 0 saturated carbocycles. The second-order valence-corrected chi connectivity index (χ2v) is 12.6. The summed E-state index contributed by atoms with van der Waals surface area (Å²) in [5.74, 6) is -1.57. The Morgan fingerprint density at radius 3 is 2.38 bits per heavy atom. The van der Waals surface area contributed by atoms with Crippen molar-refractivity contribution in [3.63, 3.8) is 0 Å². The Hall–Kier alpha value is -3.93. The number of hydrogen-bond acceptors (Lipinski definition) is 6. The number of ether oxygens (including phenoxy) is 2. The number of alkyl halides is 3. The number of nitrogens with zero attached hydrogens (tertiary/aromatic N) is 3. The third-order valence-corrected chi connectivity index (χ3v) is 8.08. The largest absolute Gasteiger partial charge is 0.458 e. The van der Waals surface area contributed by atoms with Crippen LogP contribution in [0.1, 0.15) is 75.4 Å². The van der Waals surface area contributed by atoms with Crippen LogP contribution in [-0.4, -0.2) is 57.8 Å². The van der Waals surface area contributed by atoms with Gasteiger partial charge >= 0.3 is 18.2 Å². The van der Waals surface area contributed by atoms with E-state index in [0.717, 1.165) is 24.1 Å². The highest BCUT2D eigenvalue weighted by Crippen LogP contribution is 2.38. The van der Waals surface area contributed by atoms with Crippen LogP contribution in [0.2, 0.25) is 0 Å². The molecule has 12 heteroatoms. The van der Waals surface area contributed by atoms with E-state index < -0.39 is 41.3 Å². The van der Waals surface area contributed by atoms with Crippen molar-refractivity contribution in [3.8, 4) is 11.3 Å². The summed E-state index contributed by atoms with van der Waals surface area (Å²) in [6.07, 6.45) is -1.23. The highest BCUT2D eigenvalue weighted by atomic mass is 19.4. The SMILES string of the molecule is CC(C)(C)OC(=O)C(C1CCCN1)n1cc(-c2ccc(F)c(C(F)(F)F)c2)nc1C1CCN(C(=O)OCc2ccccc2)CC1. The second-order valence-electron chi connectivity index (χ2n) is 12.6. The maximum Gasteiger partial charge on any atom is 0.419 e. The van der Waals surface area contributed by atoms with Crippen molar-refractivity contribution in [1.82, 2.24) is 19.8 Å². The molecule has 1 N–H and O–H groups in total. The maximum absolute atomic E-state index is 14.1. The Balaban J connectivity index is 1.45. The van der Waals surface area contributed by atoms with E-state index in [1.54, 1.807) is 36.4 Å². The average molecular weight is 631 g/mol. The molecule has 0 radical (unpaired) electrons. The van der Waals surface area contributed by atoms with E-state index in [9.17, 15) is 27.2 Å². The van der Waals surface area contributed by atoms with Crippen LogP contribution in [0.4, 0.5) is 22.4 Å². The number of piperidine rings is 1. The average Bonchev–Trinajstić information content (AvgIpc) is 3.67. The maximum atomic E-state index is 14.1. The number of benzene rings is 2. The minimum Gasteiger partial charge on any atom is -0.458 e. The Morgan fingerprint density at radius 1 is 1.04 bits per heavy atom. The summed E-state index contributed by atoms with van der Waals surface area (Å²) in [7, 11) is 0. The quantitative estimate of drug-likeness (QED) is 0.227. The number of imidazole rings is 1. The van der Waals surface area contributed by atoms with Crippen molar-refractivity contribution in [1.29, 1.82) is 0 Å². The van der Waals surface area contributed by atoms with Crippen LogP contribution in [0, 0.1) is 5.82 Å². The van der Waals surface area contributed by atoms with Crippen LogP contribution in [0.5, 0.6) is 0 Å². The smallest absolute Gasteiger partial charge is 0.419 e. The summed E-state index contributed by atoms with van der Waals surface area (Å²) < 4.78 is 68.0. The molecular formula is C33H38F4N4O4. The molecule has 2 aliphatic heterocycles. The van der Waals surface area contributed by atoms with Gasteiger partial charge in [0.25, 0.3) is 0 Å². The zero-order valence-corrected chi connectivity index (χ0v) is 25.6. The van der Waals surface area contributed by atoms with Crippen molar-refractivity contribution in [2.75, 3.05) is 19.6 Å². The fourth-order valence-electron chi connectivity index (χ4n) is 5.92. The van der Waals surface area contributed by atoms with Gasteiger partial charge in [0, 0.05) is 36.8 Å². The Kier molecular flexibility index (Phi) is 9.52. The predicted octanol–water partition coefficient (Wildman–Crippen LogP) is 6.86. The van der Waals surface area contributed by atoms with Gasteiger partial charge in [0.05, 0.1) is 11.3 Å².